The summed E-state index contributed by atoms with van der Waals surface area (Å²) in [5.74, 6) is 0.954. The molecule has 0 aliphatic carbocycles. The van der Waals surface area contributed by atoms with Gasteiger partial charge in [0.15, 0.2) is 0 Å². The summed E-state index contributed by atoms with van der Waals surface area (Å²) >= 11 is 3.57. The normalized spacial score (nSPS) is 11.4. The summed E-state index contributed by atoms with van der Waals surface area (Å²) in [6.45, 7) is 4.23. The Labute approximate surface area is 140 Å². The molecule has 0 aromatic heterocycles. The lowest BCUT2D eigenvalue weighted by molar-refractivity contribution is 0.0695. The minimum absolute atomic E-state index is 0.383. The van der Waals surface area contributed by atoms with Crippen LogP contribution in [-0.2, 0) is 4.08 Å². The molecule has 2 aromatic rings. The highest BCUT2D eigenvalue weighted by Gasteiger charge is 2.37. The van der Waals surface area contributed by atoms with E-state index in [9.17, 15) is 9.90 Å². The van der Waals surface area contributed by atoms with Crippen LogP contribution in [0.2, 0.25) is 0 Å². The molecule has 0 radical (unpaired) electrons. The van der Waals surface area contributed by atoms with E-state index >= 15 is 0 Å². The van der Waals surface area contributed by atoms with Crippen molar-refractivity contribution >= 4 is 29.5 Å². The standard InChI is InChI=1S/C18H20O2S2/c1-3-21-18(22-4-2,14-10-6-5-7-11-14)16-13-9-8-12-15(16)17(19)20/h5-13H,3-4H2,1-2H3,(H,19,20). The highest BCUT2D eigenvalue weighted by atomic mass is 32.2. The molecule has 2 rings (SSSR count). The molecule has 0 bridgehead atoms. The maximum Gasteiger partial charge on any atom is 0.336 e. The van der Waals surface area contributed by atoms with Crippen LogP contribution in [0.3, 0.4) is 0 Å². The Morgan fingerprint density at radius 1 is 0.955 bits per heavy atom. The van der Waals surface area contributed by atoms with E-state index < -0.39 is 5.97 Å². The molecule has 0 fully saturated rings. The topological polar surface area (TPSA) is 37.3 Å². The van der Waals surface area contributed by atoms with Gasteiger partial charge in [0.2, 0.25) is 0 Å². The highest BCUT2D eigenvalue weighted by molar-refractivity contribution is 8.17. The molecule has 2 nitrogen and oxygen atoms in total. The van der Waals surface area contributed by atoms with Crippen LogP contribution in [0.1, 0.15) is 35.3 Å². The highest BCUT2D eigenvalue weighted by Crippen LogP contribution is 2.52. The number of hydrogen-bond donors (Lipinski definition) is 1. The van der Waals surface area contributed by atoms with Gasteiger partial charge in [-0.1, -0.05) is 62.4 Å². The zero-order chi connectivity index (χ0) is 16.0. The fraction of sp³-hybridized carbons (Fsp3) is 0.278. The molecule has 0 saturated carbocycles. The van der Waals surface area contributed by atoms with Crippen molar-refractivity contribution in [2.45, 2.75) is 17.9 Å². The van der Waals surface area contributed by atoms with Crippen LogP contribution in [0.15, 0.2) is 54.6 Å². The van der Waals surface area contributed by atoms with E-state index in [1.165, 1.54) is 0 Å². The molecule has 2 aromatic carbocycles. The van der Waals surface area contributed by atoms with Gasteiger partial charge in [0, 0.05) is 0 Å². The van der Waals surface area contributed by atoms with E-state index in [2.05, 4.69) is 26.0 Å². The molecule has 0 atom stereocenters. The van der Waals surface area contributed by atoms with Crippen molar-refractivity contribution in [3.05, 3.63) is 71.3 Å². The van der Waals surface area contributed by atoms with Gasteiger partial charge in [-0.3, -0.25) is 0 Å². The summed E-state index contributed by atoms with van der Waals surface area (Å²) in [5.41, 5.74) is 2.39. The second-order valence-electron chi connectivity index (χ2n) is 4.70. The largest absolute Gasteiger partial charge is 0.478 e. The van der Waals surface area contributed by atoms with Gasteiger partial charge < -0.3 is 5.11 Å². The first kappa shape index (κ1) is 17.0. The third-order valence-corrected chi connectivity index (χ3v) is 6.37. The molecule has 0 heterocycles. The van der Waals surface area contributed by atoms with E-state index in [4.69, 9.17) is 0 Å². The molecular formula is C18H20O2S2. The number of carboxylic acids is 1. The summed E-state index contributed by atoms with van der Waals surface area (Å²) in [5, 5.41) is 9.59. The van der Waals surface area contributed by atoms with Crippen LogP contribution in [0.4, 0.5) is 0 Å². The van der Waals surface area contributed by atoms with Gasteiger partial charge in [0.05, 0.1) is 5.56 Å². The number of carbonyl (C=O) groups is 1. The molecule has 0 spiro atoms. The number of hydrogen-bond acceptors (Lipinski definition) is 3. The molecule has 0 aliphatic rings. The molecule has 0 saturated heterocycles. The first-order valence-electron chi connectivity index (χ1n) is 7.32. The van der Waals surface area contributed by atoms with Crippen LogP contribution in [0.25, 0.3) is 0 Å². The fourth-order valence-electron chi connectivity index (χ4n) is 2.54. The smallest absolute Gasteiger partial charge is 0.336 e. The van der Waals surface area contributed by atoms with Crippen molar-refractivity contribution in [2.75, 3.05) is 11.5 Å². The first-order valence-corrected chi connectivity index (χ1v) is 9.29. The zero-order valence-corrected chi connectivity index (χ0v) is 14.4. The summed E-state index contributed by atoms with van der Waals surface area (Å²) in [7, 11) is 0. The van der Waals surface area contributed by atoms with Gasteiger partial charge in [-0.2, -0.15) is 0 Å². The third kappa shape index (κ3) is 3.33. The lowest BCUT2D eigenvalue weighted by Crippen LogP contribution is -2.23. The minimum atomic E-state index is -0.871. The van der Waals surface area contributed by atoms with E-state index in [0.29, 0.717) is 5.56 Å². The van der Waals surface area contributed by atoms with Crippen molar-refractivity contribution in [1.82, 2.24) is 0 Å². The summed E-state index contributed by atoms with van der Waals surface area (Å²) in [4.78, 5) is 11.7. The number of aromatic carboxylic acids is 1. The van der Waals surface area contributed by atoms with Gasteiger partial charge >= 0.3 is 5.97 Å². The van der Waals surface area contributed by atoms with Gasteiger partial charge in [-0.15, -0.1) is 23.5 Å². The molecule has 4 heteroatoms. The van der Waals surface area contributed by atoms with Crippen LogP contribution < -0.4 is 0 Å². The second-order valence-corrected chi connectivity index (χ2v) is 7.91. The van der Waals surface area contributed by atoms with E-state index in [-0.39, 0.29) is 4.08 Å². The Kier molecular flexibility index (Phi) is 5.98. The number of benzene rings is 2. The fourth-order valence-corrected chi connectivity index (χ4v) is 5.67. The van der Waals surface area contributed by atoms with Crippen LogP contribution in [0, 0.1) is 0 Å². The van der Waals surface area contributed by atoms with Crippen molar-refractivity contribution in [3.8, 4) is 0 Å². The van der Waals surface area contributed by atoms with Crippen molar-refractivity contribution < 1.29 is 9.90 Å². The maximum absolute atomic E-state index is 11.7. The molecule has 0 unspecified atom stereocenters. The number of rotatable bonds is 7. The summed E-state index contributed by atoms with van der Waals surface area (Å²) in [6, 6.07) is 17.5. The third-order valence-electron chi connectivity index (χ3n) is 3.36. The molecule has 0 aliphatic heterocycles. The number of carboxylic acid groups (broad SMARTS) is 1. The Morgan fingerprint density at radius 2 is 1.50 bits per heavy atom. The van der Waals surface area contributed by atoms with Gasteiger partial charge in [0.25, 0.3) is 0 Å². The van der Waals surface area contributed by atoms with Crippen molar-refractivity contribution in [3.63, 3.8) is 0 Å². The van der Waals surface area contributed by atoms with Gasteiger partial charge in [-0.25, -0.2) is 4.79 Å². The average Bonchev–Trinajstić information content (AvgIpc) is 2.55. The van der Waals surface area contributed by atoms with Gasteiger partial charge in [-0.05, 0) is 28.7 Å². The molecule has 22 heavy (non-hydrogen) atoms. The van der Waals surface area contributed by atoms with Crippen LogP contribution in [0.5, 0.6) is 0 Å². The number of thioether (sulfide) groups is 2. The SMILES string of the molecule is CCSC(SCC)(c1ccccc1)c1ccccc1C(=O)O. The molecular weight excluding hydrogens is 312 g/mol. The maximum atomic E-state index is 11.7. The van der Waals surface area contributed by atoms with Gasteiger partial charge in [0.1, 0.15) is 4.08 Å². The molecule has 116 valence electrons. The Balaban J connectivity index is 2.70. The summed E-state index contributed by atoms with van der Waals surface area (Å²) in [6.07, 6.45) is 0. The quantitative estimate of drug-likeness (QED) is 0.716. The zero-order valence-electron chi connectivity index (χ0n) is 12.8. The van der Waals surface area contributed by atoms with E-state index in [1.54, 1.807) is 35.7 Å². The average molecular weight is 332 g/mol. The second kappa shape index (κ2) is 7.75. The lowest BCUT2D eigenvalue weighted by Gasteiger charge is -2.34. The van der Waals surface area contributed by atoms with Crippen LogP contribution in [-0.4, -0.2) is 22.6 Å². The lowest BCUT2D eigenvalue weighted by atomic mass is 9.98. The van der Waals surface area contributed by atoms with Crippen molar-refractivity contribution in [1.29, 1.82) is 0 Å². The Bertz CT molecular complexity index is 620. The van der Waals surface area contributed by atoms with Crippen LogP contribution >= 0.6 is 23.5 Å². The Morgan fingerprint density at radius 3 is 2.05 bits per heavy atom. The predicted octanol–water partition coefficient (Wildman–Crippen LogP) is 5.09. The van der Waals surface area contributed by atoms with Crippen molar-refractivity contribution in [2.24, 2.45) is 0 Å². The van der Waals surface area contributed by atoms with E-state index in [0.717, 1.165) is 22.6 Å². The molecule has 0 amide bonds. The predicted molar refractivity (Wildman–Crippen MR) is 96.9 cm³/mol. The summed E-state index contributed by atoms with van der Waals surface area (Å²) < 4.78 is -0.389. The molecule has 1 N–H and O–H groups in total. The van der Waals surface area contributed by atoms with E-state index in [1.807, 2.05) is 30.3 Å². The minimum Gasteiger partial charge on any atom is -0.478 e. The first-order chi connectivity index (χ1) is 10.7. The Hall–Kier alpha value is -1.39. The monoisotopic (exact) mass is 332 g/mol.